The highest BCUT2D eigenvalue weighted by atomic mass is 32.2. The Balaban J connectivity index is 1.48. The van der Waals surface area contributed by atoms with Gasteiger partial charge in [0.05, 0.1) is 10.1 Å². The molecule has 150 valence electrons. The normalized spacial score (nSPS) is 18.7. The van der Waals surface area contributed by atoms with Crippen LogP contribution in [0.3, 0.4) is 0 Å². The molecule has 2 heterocycles. The molecule has 0 fully saturated rings. The fourth-order valence-corrected chi connectivity index (χ4v) is 4.82. The molecule has 0 radical (unpaired) electrons. The Bertz CT molecular complexity index is 960. The van der Waals surface area contributed by atoms with Crippen LogP contribution in [0.4, 0.5) is 10.1 Å². The van der Waals surface area contributed by atoms with Crippen molar-refractivity contribution in [2.45, 2.75) is 25.8 Å². The minimum absolute atomic E-state index is 0.199. The van der Waals surface area contributed by atoms with E-state index in [9.17, 15) is 4.39 Å². The lowest BCUT2D eigenvalue weighted by molar-refractivity contribution is 0.626. The lowest BCUT2D eigenvalue weighted by Gasteiger charge is -2.25. The van der Waals surface area contributed by atoms with E-state index in [1.165, 1.54) is 34.0 Å². The van der Waals surface area contributed by atoms with Crippen molar-refractivity contribution in [3.63, 3.8) is 0 Å². The molecule has 4 rings (SSSR count). The second-order valence-electron chi connectivity index (χ2n) is 7.66. The largest absolute Gasteiger partial charge is 0.377 e. The van der Waals surface area contributed by atoms with E-state index in [2.05, 4.69) is 54.7 Å². The van der Waals surface area contributed by atoms with E-state index in [1.54, 1.807) is 11.8 Å². The third-order valence-electron chi connectivity index (χ3n) is 5.33. The van der Waals surface area contributed by atoms with Gasteiger partial charge in [0, 0.05) is 44.0 Å². The minimum Gasteiger partial charge on any atom is -0.377 e. The molecule has 29 heavy (non-hydrogen) atoms. The molecular weight excluding hydrogens is 381 g/mol. The monoisotopic (exact) mass is 407 g/mol. The van der Waals surface area contributed by atoms with E-state index in [0.717, 1.165) is 29.9 Å². The van der Waals surface area contributed by atoms with Crippen molar-refractivity contribution >= 4 is 28.1 Å². The molecule has 1 N–H and O–H groups in total. The van der Waals surface area contributed by atoms with Crippen molar-refractivity contribution in [3.8, 4) is 0 Å². The van der Waals surface area contributed by atoms with Crippen LogP contribution in [0.25, 0.3) is 5.57 Å². The first-order chi connectivity index (χ1) is 14.1. The van der Waals surface area contributed by atoms with Crippen LogP contribution in [0.15, 0.2) is 70.8 Å². The van der Waals surface area contributed by atoms with Crippen molar-refractivity contribution in [2.24, 2.45) is 10.9 Å². The standard InChI is InChI=1S/C24H26FN3S/c1-28(2)22-8-4-3-7-21(22)19-14-18-6-5-9-23(29-24(18)27-16-19)26-15-17-10-12-20(25)13-11-17/h3-4,7-13,16,18,26H,5-6,14-15H2,1-2H3. The number of halogens is 1. The summed E-state index contributed by atoms with van der Waals surface area (Å²) in [5.74, 6) is 0.256. The van der Waals surface area contributed by atoms with Gasteiger partial charge in [-0.05, 0) is 48.6 Å². The number of benzene rings is 2. The van der Waals surface area contributed by atoms with Gasteiger partial charge in [0.25, 0.3) is 0 Å². The van der Waals surface area contributed by atoms with Crippen LogP contribution in [-0.4, -0.2) is 19.1 Å². The molecule has 2 aliphatic heterocycles. The van der Waals surface area contributed by atoms with Gasteiger partial charge in [-0.1, -0.05) is 48.2 Å². The number of thioether (sulfide) groups is 1. The zero-order valence-electron chi connectivity index (χ0n) is 16.9. The predicted molar refractivity (Wildman–Crippen MR) is 122 cm³/mol. The molecule has 0 aliphatic carbocycles. The molecule has 1 atom stereocenters. The molecule has 0 saturated carbocycles. The van der Waals surface area contributed by atoms with E-state index in [-0.39, 0.29) is 5.82 Å². The Hall–Kier alpha value is -2.53. The molecule has 1 unspecified atom stereocenters. The van der Waals surface area contributed by atoms with E-state index in [0.29, 0.717) is 12.5 Å². The Labute approximate surface area is 176 Å². The van der Waals surface area contributed by atoms with Crippen LogP contribution >= 0.6 is 11.8 Å². The maximum absolute atomic E-state index is 13.1. The summed E-state index contributed by atoms with van der Waals surface area (Å²) in [7, 11) is 4.17. The van der Waals surface area contributed by atoms with Gasteiger partial charge in [-0.15, -0.1) is 0 Å². The van der Waals surface area contributed by atoms with Crippen molar-refractivity contribution in [1.82, 2.24) is 5.32 Å². The molecule has 2 aliphatic rings. The van der Waals surface area contributed by atoms with Gasteiger partial charge in [0.1, 0.15) is 5.82 Å². The SMILES string of the molecule is CN(C)c1ccccc1C1=CN=C2SC(NCc3ccc(F)cc3)=CCCC2C1. The van der Waals surface area contributed by atoms with Gasteiger partial charge in [-0.3, -0.25) is 4.99 Å². The van der Waals surface area contributed by atoms with Crippen molar-refractivity contribution in [1.29, 1.82) is 0 Å². The number of nitrogens with zero attached hydrogens (tertiary/aromatic N) is 2. The summed E-state index contributed by atoms with van der Waals surface area (Å²) in [5, 5.41) is 5.82. The highest BCUT2D eigenvalue weighted by Gasteiger charge is 2.26. The molecule has 2 aromatic carbocycles. The maximum Gasteiger partial charge on any atom is 0.123 e. The van der Waals surface area contributed by atoms with Gasteiger partial charge in [0.2, 0.25) is 0 Å². The predicted octanol–water partition coefficient (Wildman–Crippen LogP) is 5.81. The highest BCUT2D eigenvalue weighted by molar-refractivity contribution is 8.17. The van der Waals surface area contributed by atoms with Crippen LogP contribution in [0, 0.1) is 11.7 Å². The summed E-state index contributed by atoms with van der Waals surface area (Å²) in [4.78, 5) is 7.02. The number of rotatable bonds is 5. The smallest absolute Gasteiger partial charge is 0.123 e. The zero-order chi connectivity index (χ0) is 20.2. The fraction of sp³-hybridized carbons (Fsp3) is 0.292. The third-order valence-corrected chi connectivity index (χ3v) is 6.51. The van der Waals surface area contributed by atoms with Crippen LogP contribution in [0.1, 0.15) is 30.4 Å². The Morgan fingerprint density at radius 2 is 1.93 bits per heavy atom. The van der Waals surface area contributed by atoms with E-state index in [4.69, 9.17) is 4.99 Å². The quantitative estimate of drug-likeness (QED) is 0.678. The van der Waals surface area contributed by atoms with Crippen LogP contribution in [-0.2, 0) is 6.54 Å². The molecule has 3 nitrogen and oxygen atoms in total. The van der Waals surface area contributed by atoms with E-state index in [1.807, 2.05) is 18.3 Å². The van der Waals surface area contributed by atoms with Crippen molar-refractivity contribution < 1.29 is 4.39 Å². The topological polar surface area (TPSA) is 27.6 Å². The summed E-state index contributed by atoms with van der Waals surface area (Å²) < 4.78 is 13.1. The van der Waals surface area contributed by atoms with Gasteiger partial charge >= 0.3 is 0 Å². The second-order valence-corrected chi connectivity index (χ2v) is 8.72. The lowest BCUT2D eigenvalue weighted by Crippen LogP contribution is -2.18. The summed E-state index contributed by atoms with van der Waals surface area (Å²) in [5.41, 5.74) is 4.89. The number of para-hydroxylation sites is 1. The summed E-state index contributed by atoms with van der Waals surface area (Å²) >= 11 is 1.74. The Kier molecular flexibility index (Phi) is 6.05. The molecule has 5 heteroatoms. The Morgan fingerprint density at radius 3 is 2.72 bits per heavy atom. The van der Waals surface area contributed by atoms with Crippen LogP contribution < -0.4 is 10.2 Å². The van der Waals surface area contributed by atoms with Gasteiger partial charge < -0.3 is 10.2 Å². The second kappa shape index (κ2) is 8.87. The van der Waals surface area contributed by atoms with Crippen molar-refractivity contribution in [2.75, 3.05) is 19.0 Å². The van der Waals surface area contributed by atoms with Gasteiger partial charge in [0.15, 0.2) is 0 Å². The minimum atomic E-state index is -0.199. The summed E-state index contributed by atoms with van der Waals surface area (Å²) in [6.07, 6.45) is 7.47. The first-order valence-electron chi connectivity index (χ1n) is 10.00. The number of hydrogen-bond acceptors (Lipinski definition) is 4. The van der Waals surface area contributed by atoms with E-state index >= 15 is 0 Å². The van der Waals surface area contributed by atoms with Gasteiger partial charge in [-0.2, -0.15) is 0 Å². The lowest BCUT2D eigenvalue weighted by atomic mass is 9.90. The zero-order valence-corrected chi connectivity index (χ0v) is 17.7. The molecule has 0 amide bonds. The first kappa shape index (κ1) is 19.8. The number of fused-ring (bicyclic) bond motifs is 1. The summed E-state index contributed by atoms with van der Waals surface area (Å²) in [6, 6.07) is 15.2. The number of nitrogens with one attached hydrogen (secondary N) is 1. The molecular formula is C24H26FN3S. The fourth-order valence-electron chi connectivity index (χ4n) is 3.77. The molecule has 2 aromatic rings. The van der Waals surface area contributed by atoms with Gasteiger partial charge in [-0.25, -0.2) is 4.39 Å². The first-order valence-corrected chi connectivity index (χ1v) is 10.8. The number of anilines is 1. The van der Waals surface area contributed by atoms with Crippen LogP contribution in [0.2, 0.25) is 0 Å². The molecule has 0 aromatic heterocycles. The molecule has 0 bridgehead atoms. The third kappa shape index (κ3) is 4.73. The van der Waals surface area contributed by atoms with Crippen LogP contribution in [0.5, 0.6) is 0 Å². The number of allylic oxidation sites excluding steroid dienone is 2. The highest BCUT2D eigenvalue weighted by Crippen LogP contribution is 2.39. The Morgan fingerprint density at radius 1 is 1.14 bits per heavy atom. The van der Waals surface area contributed by atoms with Crippen molar-refractivity contribution in [3.05, 3.63) is 82.8 Å². The number of aliphatic imine (C=N–C) groups is 1. The maximum atomic E-state index is 13.1. The average Bonchev–Trinajstić information content (AvgIpc) is 2.94. The molecule has 0 saturated heterocycles. The summed E-state index contributed by atoms with van der Waals surface area (Å²) in [6.45, 7) is 0.689. The number of hydrogen-bond donors (Lipinski definition) is 1. The van der Waals surface area contributed by atoms with E-state index < -0.39 is 0 Å². The molecule has 0 spiro atoms. The average molecular weight is 408 g/mol.